The highest BCUT2D eigenvalue weighted by Gasteiger charge is 2.26. The van der Waals surface area contributed by atoms with Crippen LogP contribution in [0, 0.1) is 17.1 Å². The standard InChI is InChI=1S/C21H22FN9OS/c1-25-21(24)31-9-3-2-8-27-33(31,32)14-17-10-16(5-6-18(17)22)19-13-30(29-28-19)20-7-4-15(11-23)12-26-20/h4-7,10,12-13H,2-3,8-9,14H2,1H3,(H2,24,25). The van der Waals surface area contributed by atoms with Gasteiger partial charge in [-0.2, -0.15) is 5.26 Å². The molecule has 12 heteroatoms. The number of guanidine groups is 1. The van der Waals surface area contributed by atoms with Gasteiger partial charge in [-0.25, -0.2) is 22.6 Å². The highest BCUT2D eigenvalue weighted by Crippen LogP contribution is 2.25. The summed E-state index contributed by atoms with van der Waals surface area (Å²) in [6.45, 7) is 0.859. The third-order valence-corrected chi connectivity index (χ3v) is 7.51. The lowest BCUT2D eigenvalue weighted by molar-refractivity contribution is 0.565. The minimum Gasteiger partial charge on any atom is -0.369 e. The molecule has 1 aliphatic rings. The van der Waals surface area contributed by atoms with Gasteiger partial charge in [-0.05, 0) is 43.2 Å². The number of pyridine rings is 1. The van der Waals surface area contributed by atoms with Gasteiger partial charge in [0.15, 0.2) is 5.82 Å². The number of hydrogen-bond donors (Lipinski definition) is 1. The van der Waals surface area contributed by atoms with Crippen LogP contribution >= 0.6 is 0 Å². The summed E-state index contributed by atoms with van der Waals surface area (Å²) in [6.07, 6.45) is 4.64. The molecule has 0 fully saturated rings. The lowest BCUT2D eigenvalue weighted by Crippen LogP contribution is -2.42. The van der Waals surface area contributed by atoms with Gasteiger partial charge in [0.1, 0.15) is 27.5 Å². The van der Waals surface area contributed by atoms with Gasteiger partial charge in [0.2, 0.25) is 5.96 Å². The second-order valence-corrected chi connectivity index (χ2v) is 9.57. The van der Waals surface area contributed by atoms with Crippen LogP contribution in [-0.4, -0.2) is 54.6 Å². The molecule has 4 rings (SSSR count). The van der Waals surface area contributed by atoms with E-state index in [2.05, 4.69) is 24.7 Å². The van der Waals surface area contributed by atoms with E-state index in [1.165, 1.54) is 28.3 Å². The van der Waals surface area contributed by atoms with Crippen molar-refractivity contribution in [3.8, 4) is 23.1 Å². The molecule has 0 aliphatic carbocycles. The maximum absolute atomic E-state index is 14.7. The second-order valence-electron chi connectivity index (χ2n) is 7.37. The Labute approximate surface area is 190 Å². The van der Waals surface area contributed by atoms with Crippen molar-refractivity contribution >= 4 is 15.9 Å². The molecule has 0 amide bonds. The molecular formula is C21H22FN9OS. The summed E-state index contributed by atoms with van der Waals surface area (Å²) in [5, 5.41) is 17.1. The first kappa shape index (κ1) is 22.3. The first-order chi connectivity index (χ1) is 15.9. The fourth-order valence-corrected chi connectivity index (χ4v) is 5.64. The fourth-order valence-electron chi connectivity index (χ4n) is 3.43. The van der Waals surface area contributed by atoms with Crippen LogP contribution in [0.2, 0.25) is 0 Å². The van der Waals surface area contributed by atoms with Gasteiger partial charge >= 0.3 is 0 Å². The van der Waals surface area contributed by atoms with Gasteiger partial charge in [0.25, 0.3) is 0 Å². The molecule has 3 heterocycles. The molecule has 33 heavy (non-hydrogen) atoms. The number of rotatable bonds is 4. The number of hydrogen-bond acceptors (Lipinski definition) is 7. The molecule has 2 aromatic heterocycles. The molecule has 0 saturated heterocycles. The van der Waals surface area contributed by atoms with Crippen LogP contribution in [0.15, 0.2) is 52.1 Å². The number of benzene rings is 1. The quantitative estimate of drug-likeness (QED) is 0.461. The van der Waals surface area contributed by atoms with Gasteiger partial charge in [0, 0.05) is 30.9 Å². The Kier molecular flexibility index (Phi) is 6.32. The third-order valence-electron chi connectivity index (χ3n) is 5.18. The number of nitriles is 1. The van der Waals surface area contributed by atoms with Crippen LogP contribution in [0.4, 0.5) is 4.39 Å². The summed E-state index contributed by atoms with van der Waals surface area (Å²) in [5.74, 6) is -0.0110. The van der Waals surface area contributed by atoms with Crippen molar-refractivity contribution in [1.82, 2.24) is 24.3 Å². The Bertz CT molecular complexity index is 1350. The number of aliphatic imine (C=N–C) groups is 1. The summed E-state index contributed by atoms with van der Waals surface area (Å²) in [6, 6.07) is 9.78. The van der Waals surface area contributed by atoms with Crippen molar-refractivity contribution < 1.29 is 8.60 Å². The van der Waals surface area contributed by atoms with E-state index >= 15 is 0 Å². The molecule has 1 atom stereocenters. The maximum Gasteiger partial charge on any atom is 0.203 e. The Morgan fingerprint density at radius 3 is 2.91 bits per heavy atom. The predicted molar refractivity (Wildman–Crippen MR) is 122 cm³/mol. The maximum atomic E-state index is 14.7. The van der Waals surface area contributed by atoms with E-state index in [0.29, 0.717) is 35.7 Å². The molecular weight excluding hydrogens is 445 g/mol. The van der Waals surface area contributed by atoms with E-state index in [0.717, 1.165) is 12.8 Å². The molecule has 0 spiro atoms. The van der Waals surface area contributed by atoms with E-state index in [1.807, 2.05) is 6.07 Å². The smallest absolute Gasteiger partial charge is 0.203 e. The van der Waals surface area contributed by atoms with Crippen LogP contribution in [0.1, 0.15) is 24.0 Å². The first-order valence-electron chi connectivity index (χ1n) is 10.2. The van der Waals surface area contributed by atoms with Crippen LogP contribution in [-0.2, 0) is 15.7 Å². The molecule has 1 unspecified atom stereocenters. The molecule has 1 aromatic carbocycles. The summed E-state index contributed by atoms with van der Waals surface area (Å²) >= 11 is 0. The first-order valence-corrected chi connectivity index (χ1v) is 11.9. The van der Waals surface area contributed by atoms with E-state index in [4.69, 9.17) is 11.0 Å². The van der Waals surface area contributed by atoms with Gasteiger partial charge in [0.05, 0.1) is 24.1 Å². The average molecular weight is 468 g/mol. The predicted octanol–water partition coefficient (Wildman–Crippen LogP) is 2.26. The normalized spacial score (nSPS) is 18.9. The lowest BCUT2D eigenvalue weighted by Gasteiger charge is -2.25. The number of nitrogens with two attached hydrogens (primary N) is 1. The Morgan fingerprint density at radius 1 is 1.33 bits per heavy atom. The van der Waals surface area contributed by atoms with Crippen molar-refractivity contribution in [3.05, 3.63) is 59.7 Å². The fraction of sp³-hybridized carbons (Fsp3) is 0.286. The Hall–Kier alpha value is -3.85. The van der Waals surface area contributed by atoms with Crippen LogP contribution in [0.5, 0.6) is 0 Å². The molecule has 170 valence electrons. The zero-order chi connectivity index (χ0) is 23.4. The summed E-state index contributed by atoms with van der Waals surface area (Å²) in [7, 11) is -1.49. The van der Waals surface area contributed by atoms with E-state index < -0.39 is 15.7 Å². The van der Waals surface area contributed by atoms with Gasteiger partial charge in [-0.15, -0.1) is 5.10 Å². The highest BCUT2D eigenvalue weighted by atomic mass is 32.2. The lowest BCUT2D eigenvalue weighted by atomic mass is 10.1. The zero-order valence-corrected chi connectivity index (χ0v) is 18.7. The highest BCUT2D eigenvalue weighted by molar-refractivity contribution is 7.91. The van der Waals surface area contributed by atoms with Gasteiger partial charge < -0.3 is 5.73 Å². The monoisotopic (exact) mass is 467 g/mol. The van der Waals surface area contributed by atoms with E-state index in [-0.39, 0.29) is 17.3 Å². The molecule has 0 bridgehead atoms. The minimum absolute atomic E-state index is 0.125. The third kappa shape index (κ3) is 4.68. The average Bonchev–Trinajstić information content (AvgIpc) is 3.24. The molecule has 0 saturated carbocycles. The topological polar surface area (TPSA) is 138 Å². The Morgan fingerprint density at radius 2 is 2.18 bits per heavy atom. The van der Waals surface area contributed by atoms with Crippen molar-refractivity contribution in [2.24, 2.45) is 15.1 Å². The van der Waals surface area contributed by atoms with Crippen molar-refractivity contribution in [1.29, 1.82) is 5.26 Å². The molecule has 3 aromatic rings. The van der Waals surface area contributed by atoms with Gasteiger partial charge in [-0.1, -0.05) is 5.21 Å². The second kappa shape index (κ2) is 9.33. The summed E-state index contributed by atoms with van der Waals surface area (Å²) in [4.78, 5) is 8.15. The van der Waals surface area contributed by atoms with Crippen molar-refractivity contribution in [2.45, 2.75) is 18.6 Å². The Balaban J connectivity index is 1.66. The SMILES string of the molecule is C/N=C(/N)N1CCCCN=S1(=O)Cc1cc(-c2cn(-c3ccc(C#N)cn3)nn2)ccc1F. The number of aromatic nitrogens is 4. The van der Waals surface area contributed by atoms with Crippen LogP contribution < -0.4 is 5.73 Å². The minimum atomic E-state index is -3.01. The molecule has 1 aliphatic heterocycles. The van der Waals surface area contributed by atoms with Crippen LogP contribution in [0.25, 0.3) is 17.1 Å². The van der Waals surface area contributed by atoms with Crippen molar-refractivity contribution in [3.63, 3.8) is 0 Å². The largest absolute Gasteiger partial charge is 0.369 e. The van der Waals surface area contributed by atoms with Crippen molar-refractivity contribution in [2.75, 3.05) is 20.1 Å². The summed E-state index contributed by atoms with van der Waals surface area (Å²) < 4.78 is 35.8. The number of nitrogens with zero attached hydrogens (tertiary/aromatic N) is 8. The summed E-state index contributed by atoms with van der Waals surface area (Å²) in [5.41, 5.74) is 7.74. The zero-order valence-electron chi connectivity index (χ0n) is 17.9. The molecule has 0 radical (unpaired) electrons. The van der Waals surface area contributed by atoms with Crippen LogP contribution in [0.3, 0.4) is 0 Å². The van der Waals surface area contributed by atoms with Gasteiger partial charge in [-0.3, -0.25) is 9.30 Å². The number of halogens is 1. The molecule has 2 N–H and O–H groups in total. The van der Waals surface area contributed by atoms with E-state index in [9.17, 15) is 8.60 Å². The van der Waals surface area contributed by atoms with E-state index in [1.54, 1.807) is 30.5 Å². The molecule has 10 nitrogen and oxygen atoms in total.